The van der Waals surface area contributed by atoms with E-state index in [2.05, 4.69) is 34.0 Å². The molecule has 2 aliphatic heterocycles. The van der Waals surface area contributed by atoms with Gasteiger partial charge in [-0.2, -0.15) is 0 Å². The fourth-order valence-corrected chi connectivity index (χ4v) is 5.92. The van der Waals surface area contributed by atoms with Crippen molar-refractivity contribution in [1.82, 2.24) is 15.8 Å². The van der Waals surface area contributed by atoms with Gasteiger partial charge in [0.05, 0.1) is 30.7 Å². The highest BCUT2D eigenvalue weighted by Crippen LogP contribution is 2.38. The fourth-order valence-electron chi connectivity index (χ4n) is 4.82. The number of hydrogen-bond acceptors (Lipinski definition) is 7. The van der Waals surface area contributed by atoms with Gasteiger partial charge in [0.15, 0.2) is 0 Å². The lowest BCUT2D eigenvalue weighted by Crippen LogP contribution is -2.42. The van der Waals surface area contributed by atoms with Crippen molar-refractivity contribution in [1.29, 1.82) is 0 Å². The van der Waals surface area contributed by atoms with Gasteiger partial charge in [0, 0.05) is 42.4 Å². The highest BCUT2D eigenvalue weighted by atomic mass is 32.1. The molecule has 7 nitrogen and oxygen atoms in total. The summed E-state index contributed by atoms with van der Waals surface area (Å²) in [6.07, 6.45) is -0.163. The standard InChI is InChI=1S/C24H28N4O3S/c1-30-17-8-6-15(7-9-17)22-16(12-26-27-22)13-28-10-11-31-19(14-28)21-18-4-2-3-5-20(18)32-23(21)24(25)29/h2-9,16,19,22,26-27H,10-14H2,1H3,(H2,25,29). The van der Waals surface area contributed by atoms with Crippen LogP contribution in [0.2, 0.25) is 0 Å². The summed E-state index contributed by atoms with van der Waals surface area (Å²) in [5.41, 5.74) is 14.7. The van der Waals surface area contributed by atoms with Crippen molar-refractivity contribution < 1.29 is 14.3 Å². The number of ether oxygens (including phenoxy) is 2. The topological polar surface area (TPSA) is 88.8 Å². The molecule has 2 aliphatic rings. The summed E-state index contributed by atoms with van der Waals surface area (Å²) >= 11 is 1.46. The lowest BCUT2D eigenvalue weighted by molar-refractivity contribution is -0.0339. The lowest BCUT2D eigenvalue weighted by atomic mass is 9.93. The van der Waals surface area contributed by atoms with E-state index in [1.807, 2.05) is 30.3 Å². The number of rotatable bonds is 6. The van der Waals surface area contributed by atoms with E-state index in [9.17, 15) is 4.79 Å². The van der Waals surface area contributed by atoms with E-state index < -0.39 is 0 Å². The van der Waals surface area contributed by atoms with Gasteiger partial charge >= 0.3 is 0 Å². The first-order chi connectivity index (χ1) is 15.6. The van der Waals surface area contributed by atoms with Crippen LogP contribution in [0, 0.1) is 5.92 Å². The third-order valence-electron chi connectivity index (χ3n) is 6.39. The SMILES string of the molecule is COc1ccc(C2NNCC2CN2CCOC(c3c(C(N)=O)sc4ccccc34)C2)cc1. The maximum absolute atomic E-state index is 12.2. The van der Waals surface area contributed by atoms with Gasteiger partial charge in [-0.1, -0.05) is 30.3 Å². The summed E-state index contributed by atoms with van der Waals surface area (Å²) in [5, 5.41) is 1.07. The first-order valence-corrected chi connectivity index (χ1v) is 11.7. The molecule has 4 N–H and O–H groups in total. The second-order valence-corrected chi connectivity index (χ2v) is 9.41. The van der Waals surface area contributed by atoms with E-state index in [4.69, 9.17) is 15.2 Å². The number of nitrogens with two attached hydrogens (primary N) is 1. The summed E-state index contributed by atoms with van der Waals surface area (Å²) in [6.45, 7) is 4.08. The summed E-state index contributed by atoms with van der Waals surface area (Å²) in [5.74, 6) is 0.892. The number of carbonyl (C=O) groups excluding carboxylic acids is 1. The Balaban J connectivity index is 1.34. The number of carbonyl (C=O) groups is 1. The summed E-state index contributed by atoms with van der Waals surface area (Å²) < 4.78 is 12.5. The molecule has 0 saturated carbocycles. The molecule has 1 amide bonds. The minimum atomic E-state index is -0.384. The fraction of sp³-hybridized carbons (Fsp3) is 0.375. The zero-order valence-corrected chi connectivity index (χ0v) is 18.9. The average Bonchev–Trinajstić information content (AvgIpc) is 3.44. The van der Waals surface area contributed by atoms with Gasteiger partial charge in [0.2, 0.25) is 0 Å². The maximum Gasteiger partial charge on any atom is 0.259 e. The van der Waals surface area contributed by atoms with E-state index in [1.165, 1.54) is 16.9 Å². The number of nitrogens with one attached hydrogen (secondary N) is 2. The van der Waals surface area contributed by atoms with E-state index in [0.29, 0.717) is 17.4 Å². The number of fused-ring (bicyclic) bond motifs is 1. The Morgan fingerprint density at radius 2 is 2.06 bits per heavy atom. The highest BCUT2D eigenvalue weighted by molar-refractivity contribution is 7.21. The van der Waals surface area contributed by atoms with Gasteiger partial charge in [-0.15, -0.1) is 11.3 Å². The molecule has 0 bridgehead atoms. The van der Waals surface area contributed by atoms with E-state index >= 15 is 0 Å². The van der Waals surface area contributed by atoms with Crippen LogP contribution in [0.1, 0.15) is 32.9 Å². The number of hydrazine groups is 1. The molecule has 5 rings (SSSR count). The lowest BCUT2D eigenvalue weighted by Gasteiger charge is -2.35. The van der Waals surface area contributed by atoms with Crippen molar-refractivity contribution in [2.24, 2.45) is 11.7 Å². The van der Waals surface area contributed by atoms with Crippen molar-refractivity contribution in [3.05, 3.63) is 64.5 Å². The molecule has 1 aromatic heterocycles. The molecule has 3 atom stereocenters. The normalized spacial score (nSPS) is 24.1. The number of thiophene rings is 1. The van der Waals surface area contributed by atoms with Gasteiger partial charge in [0.1, 0.15) is 5.75 Å². The number of hydrogen-bond donors (Lipinski definition) is 3. The van der Waals surface area contributed by atoms with Crippen LogP contribution in [-0.4, -0.2) is 50.7 Å². The van der Waals surface area contributed by atoms with Crippen LogP contribution in [0.4, 0.5) is 0 Å². The maximum atomic E-state index is 12.2. The number of amides is 1. The quantitative estimate of drug-likeness (QED) is 0.533. The van der Waals surface area contributed by atoms with Crippen LogP contribution in [0.15, 0.2) is 48.5 Å². The molecule has 8 heteroatoms. The van der Waals surface area contributed by atoms with Crippen LogP contribution in [0.25, 0.3) is 10.1 Å². The van der Waals surface area contributed by atoms with Crippen molar-refractivity contribution in [2.45, 2.75) is 12.1 Å². The summed E-state index contributed by atoms with van der Waals surface area (Å²) in [7, 11) is 1.68. The van der Waals surface area contributed by atoms with Crippen molar-refractivity contribution in [3.63, 3.8) is 0 Å². The Hall–Kier alpha value is -2.49. The van der Waals surface area contributed by atoms with Gasteiger partial charge in [-0.3, -0.25) is 15.1 Å². The molecule has 0 aliphatic carbocycles. The van der Waals surface area contributed by atoms with Crippen LogP contribution in [-0.2, 0) is 4.74 Å². The number of nitrogens with zero attached hydrogens (tertiary/aromatic N) is 1. The van der Waals surface area contributed by atoms with Crippen LogP contribution in [0.3, 0.4) is 0 Å². The molecular formula is C24H28N4O3S. The molecule has 0 radical (unpaired) electrons. The minimum Gasteiger partial charge on any atom is -0.497 e. The number of methoxy groups -OCH3 is 1. The van der Waals surface area contributed by atoms with E-state index in [1.54, 1.807) is 7.11 Å². The third kappa shape index (κ3) is 4.12. The smallest absolute Gasteiger partial charge is 0.259 e. The number of primary amides is 1. The van der Waals surface area contributed by atoms with Crippen LogP contribution in [0.5, 0.6) is 5.75 Å². The first-order valence-electron chi connectivity index (χ1n) is 10.9. The van der Waals surface area contributed by atoms with Crippen molar-refractivity contribution in [3.8, 4) is 5.75 Å². The predicted octanol–water partition coefficient (Wildman–Crippen LogP) is 2.85. The Bertz CT molecular complexity index is 1100. The average molecular weight is 453 g/mol. The van der Waals surface area contributed by atoms with Crippen molar-refractivity contribution >= 4 is 27.3 Å². The number of benzene rings is 2. The van der Waals surface area contributed by atoms with E-state index in [0.717, 1.165) is 47.6 Å². The summed E-state index contributed by atoms with van der Waals surface area (Å²) in [6, 6.07) is 16.6. The molecular weight excluding hydrogens is 424 g/mol. The Morgan fingerprint density at radius 3 is 2.84 bits per heavy atom. The van der Waals surface area contributed by atoms with Gasteiger partial charge in [-0.05, 0) is 29.1 Å². The molecule has 3 unspecified atom stereocenters. The monoisotopic (exact) mass is 452 g/mol. The van der Waals surface area contributed by atoms with Crippen LogP contribution < -0.4 is 21.3 Å². The van der Waals surface area contributed by atoms with Gasteiger partial charge < -0.3 is 15.2 Å². The second-order valence-electron chi connectivity index (χ2n) is 8.36. The van der Waals surface area contributed by atoms with Gasteiger partial charge in [0.25, 0.3) is 5.91 Å². The third-order valence-corrected chi connectivity index (χ3v) is 7.59. The Labute approximate surface area is 191 Å². The largest absolute Gasteiger partial charge is 0.497 e. The molecule has 3 aromatic rings. The molecule has 2 aromatic carbocycles. The highest BCUT2D eigenvalue weighted by Gasteiger charge is 2.33. The molecule has 2 saturated heterocycles. The van der Waals surface area contributed by atoms with Crippen molar-refractivity contribution in [2.75, 3.05) is 39.9 Å². The second kappa shape index (κ2) is 9.17. The Morgan fingerprint density at radius 1 is 1.25 bits per heavy atom. The summed E-state index contributed by atoms with van der Waals surface area (Å²) in [4.78, 5) is 15.2. The molecule has 2 fully saturated rings. The molecule has 0 spiro atoms. The zero-order valence-electron chi connectivity index (χ0n) is 18.0. The molecule has 168 valence electrons. The predicted molar refractivity (Wildman–Crippen MR) is 126 cm³/mol. The zero-order chi connectivity index (χ0) is 22.1. The number of morpholine rings is 1. The van der Waals surface area contributed by atoms with E-state index in [-0.39, 0.29) is 18.1 Å². The molecule has 32 heavy (non-hydrogen) atoms. The first kappa shape index (κ1) is 21.4. The van der Waals surface area contributed by atoms with Gasteiger partial charge in [-0.25, -0.2) is 5.43 Å². The minimum absolute atomic E-state index is 0.163. The Kier molecular flexibility index (Phi) is 6.12. The molecule has 3 heterocycles. The van der Waals surface area contributed by atoms with Crippen LogP contribution >= 0.6 is 11.3 Å².